The van der Waals surface area contributed by atoms with Crippen molar-refractivity contribution in [2.45, 2.75) is 0 Å². The van der Waals surface area contributed by atoms with E-state index in [9.17, 15) is 0 Å². The van der Waals surface area contributed by atoms with E-state index >= 15 is 0 Å². The van der Waals surface area contributed by atoms with Crippen LogP contribution in [0.15, 0.2) is 5.16 Å². The maximum Gasteiger partial charge on any atom is 0.0843 e. The maximum absolute atomic E-state index is 8.13. The highest BCUT2D eigenvalue weighted by Crippen LogP contribution is 1.67. The second kappa shape index (κ2) is 4.55. The van der Waals surface area contributed by atoms with Gasteiger partial charge in [-0.25, -0.2) is 0 Å². The van der Waals surface area contributed by atoms with Gasteiger partial charge in [0, 0.05) is 13.1 Å². The number of oxime groups is 1. The van der Waals surface area contributed by atoms with E-state index < -0.39 is 0 Å². The van der Waals surface area contributed by atoms with Gasteiger partial charge in [0.25, 0.3) is 0 Å². The van der Waals surface area contributed by atoms with Crippen molar-refractivity contribution in [3.05, 3.63) is 0 Å². The summed E-state index contributed by atoms with van der Waals surface area (Å²) in [6, 6.07) is 0. The predicted octanol–water partition coefficient (Wildman–Crippen LogP) is -1.01. The zero-order chi connectivity index (χ0) is 6.41. The molecular formula is C4H11N3O. The molecule has 0 saturated heterocycles. The first kappa shape index (κ1) is 7.39. The van der Waals surface area contributed by atoms with E-state index in [1.807, 2.05) is 0 Å². The van der Waals surface area contributed by atoms with E-state index in [1.54, 1.807) is 7.05 Å². The van der Waals surface area contributed by atoms with Crippen LogP contribution in [-0.4, -0.2) is 31.1 Å². The van der Waals surface area contributed by atoms with Crippen molar-refractivity contribution in [1.29, 1.82) is 0 Å². The second-order valence-corrected chi connectivity index (χ2v) is 1.40. The number of nitrogens with one attached hydrogen (secondary N) is 1. The molecule has 0 unspecified atom stereocenters. The standard InChI is InChI=1S/C4H11N3O/c1-6-3-4(2-5)7-8/h6,8H,2-3,5H2,1H3/b7-4+. The fraction of sp³-hybridized carbons (Fsp3) is 0.750. The molecule has 4 heteroatoms. The maximum atomic E-state index is 8.13. The molecule has 0 aromatic carbocycles. The Balaban J connectivity index is 3.38. The van der Waals surface area contributed by atoms with E-state index in [1.165, 1.54) is 0 Å². The molecule has 48 valence electrons. The van der Waals surface area contributed by atoms with Crippen molar-refractivity contribution in [3.8, 4) is 0 Å². The minimum atomic E-state index is 0.303. The van der Waals surface area contributed by atoms with Crippen LogP contribution in [0.3, 0.4) is 0 Å². The Bertz CT molecular complexity index is 81.4. The predicted molar refractivity (Wildman–Crippen MR) is 32.2 cm³/mol. The fourth-order valence-electron chi connectivity index (χ4n) is 0.352. The highest BCUT2D eigenvalue weighted by atomic mass is 16.4. The monoisotopic (exact) mass is 117 g/mol. The van der Waals surface area contributed by atoms with Crippen LogP contribution in [0.5, 0.6) is 0 Å². The summed E-state index contributed by atoms with van der Waals surface area (Å²) >= 11 is 0. The molecule has 0 bridgehead atoms. The molecule has 0 aromatic rings. The van der Waals surface area contributed by atoms with E-state index in [-0.39, 0.29) is 0 Å². The van der Waals surface area contributed by atoms with Crippen LogP contribution in [0, 0.1) is 0 Å². The Labute approximate surface area is 48.4 Å². The SMILES string of the molecule is CNC/C(CN)=N/O. The molecule has 4 nitrogen and oxygen atoms in total. The molecule has 0 heterocycles. The average Bonchev–Trinajstić information content (AvgIpc) is 1.83. The molecule has 0 rings (SSSR count). The first-order valence-electron chi connectivity index (χ1n) is 2.39. The van der Waals surface area contributed by atoms with Crippen molar-refractivity contribution >= 4 is 5.71 Å². The number of hydrogen-bond acceptors (Lipinski definition) is 4. The van der Waals surface area contributed by atoms with Gasteiger partial charge in [-0.3, -0.25) is 0 Å². The quantitative estimate of drug-likeness (QED) is 0.252. The Morgan fingerprint density at radius 2 is 2.50 bits per heavy atom. The lowest BCUT2D eigenvalue weighted by Crippen LogP contribution is -2.25. The molecule has 0 aliphatic heterocycles. The summed E-state index contributed by atoms with van der Waals surface area (Å²) in [5, 5.41) is 13.8. The minimum Gasteiger partial charge on any atom is -0.411 e. The molecule has 4 N–H and O–H groups in total. The van der Waals surface area contributed by atoms with Crippen molar-refractivity contribution in [1.82, 2.24) is 5.32 Å². The highest BCUT2D eigenvalue weighted by molar-refractivity contribution is 5.87. The van der Waals surface area contributed by atoms with Gasteiger partial charge in [0.05, 0.1) is 5.71 Å². The molecule has 0 aliphatic carbocycles. The first-order valence-corrected chi connectivity index (χ1v) is 2.39. The Morgan fingerprint density at radius 1 is 1.88 bits per heavy atom. The van der Waals surface area contributed by atoms with E-state index in [0.717, 1.165) is 0 Å². The number of nitrogens with zero attached hydrogens (tertiary/aromatic N) is 1. The van der Waals surface area contributed by atoms with E-state index in [4.69, 9.17) is 10.9 Å². The van der Waals surface area contributed by atoms with Gasteiger partial charge < -0.3 is 16.3 Å². The summed E-state index contributed by atoms with van der Waals surface area (Å²) < 4.78 is 0. The summed E-state index contributed by atoms with van der Waals surface area (Å²) in [6.45, 7) is 0.852. The zero-order valence-corrected chi connectivity index (χ0v) is 4.89. The van der Waals surface area contributed by atoms with Crippen LogP contribution < -0.4 is 11.1 Å². The Kier molecular flexibility index (Phi) is 4.20. The van der Waals surface area contributed by atoms with Crippen LogP contribution in [-0.2, 0) is 0 Å². The summed E-state index contributed by atoms with van der Waals surface area (Å²) in [6.07, 6.45) is 0. The van der Waals surface area contributed by atoms with Crippen molar-refractivity contribution in [2.24, 2.45) is 10.9 Å². The lowest BCUT2D eigenvalue weighted by molar-refractivity contribution is 0.317. The van der Waals surface area contributed by atoms with Gasteiger partial charge in [0.2, 0.25) is 0 Å². The molecule has 0 aromatic heterocycles. The van der Waals surface area contributed by atoms with Crippen LogP contribution in [0.25, 0.3) is 0 Å². The van der Waals surface area contributed by atoms with Crippen LogP contribution in [0.2, 0.25) is 0 Å². The number of hydrogen-bond donors (Lipinski definition) is 3. The molecule has 0 spiro atoms. The topological polar surface area (TPSA) is 70.6 Å². The summed E-state index contributed by atoms with van der Waals surface area (Å²) in [7, 11) is 1.76. The lowest BCUT2D eigenvalue weighted by Gasteiger charge is -1.96. The number of nitrogens with two attached hydrogens (primary N) is 1. The van der Waals surface area contributed by atoms with Crippen LogP contribution >= 0.6 is 0 Å². The molecule has 0 fully saturated rings. The lowest BCUT2D eigenvalue weighted by atomic mass is 10.4. The zero-order valence-electron chi connectivity index (χ0n) is 4.89. The van der Waals surface area contributed by atoms with Gasteiger partial charge in [0.1, 0.15) is 0 Å². The largest absolute Gasteiger partial charge is 0.411 e. The van der Waals surface area contributed by atoms with Crippen molar-refractivity contribution in [2.75, 3.05) is 20.1 Å². The summed E-state index contributed by atoms with van der Waals surface area (Å²) in [4.78, 5) is 0. The van der Waals surface area contributed by atoms with Crippen molar-refractivity contribution < 1.29 is 5.21 Å². The number of rotatable bonds is 3. The van der Waals surface area contributed by atoms with Gasteiger partial charge in [0.15, 0.2) is 0 Å². The highest BCUT2D eigenvalue weighted by Gasteiger charge is 1.90. The fourth-order valence-corrected chi connectivity index (χ4v) is 0.352. The van der Waals surface area contributed by atoms with Gasteiger partial charge in [-0.15, -0.1) is 0 Å². The minimum absolute atomic E-state index is 0.303. The average molecular weight is 117 g/mol. The van der Waals surface area contributed by atoms with Crippen molar-refractivity contribution in [3.63, 3.8) is 0 Å². The third-order valence-electron chi connectivity index (χ3n) is 0.758. The molecule has 0 aliphatic rings. The summed E-state index contributed by atoms with van der Waals surface area (Å²) in [5.41, 5.74) is 5.70. The molecule has 0 radical (unpaired) electrons. The van der Waals surface area contributed by atoms with Crippen LogP contribution in [0.1, 0.15) is 0 Å². The normalized spacial score (nSPS) is 12.0. The van der Waals surface area contributed by atoms with Gasteiger partial charge >= 0.3 is 0 Å². The smallest absolute Gasteiger partial charge is 0.0843 e. The molecule has 0 amide bonds. The second-order valence-electron chi connectivity index (χ2n) is 1.40. The first-order chi connectivity index (χ1) is 3.85. The Hall–Kier alpha value is -0.610. The summed E-state index contributed by atoms with van der Waals surface area (Å²) in [5.74, 6) is 0. The molecule has 0 saturated carbocycles. The molecule has 8 heavy (non-hydrogen) atoms. The molecular weight excluding hydrogens is 106 g/mol. The van der Waals surface area contributed by atoms with Crippen LogP contribution in [0.4, 0.5) is 0 Å². The molecule has 0 atom stereocenters. The third-order valence-corrected chi connectivity index (χ3v) is 0.758. The van der Waals surface area contributed by atoms with Gasteiger partial charge in [-0.1, -0.05) is 5.16 Å². The third kappa shape index (κ3) is 2.54. The Morgan fingerprint density at radius 3 is 2.62 bits per heavy atom. The van der Waals surface area contributed by atoms with Gasteiger partial charge in [-0.05, 0) is 7.05 Å². The van der Waals surface area contributed by atoms with E-state index in [0.29, 0.717) is 18.8 Å². The van der Waals surface area contributed by atoms with Gasteiger partial charge in [-0.2, -0.15) is 0 Å². The van der Waals surface area contributed by atoms with E-state index in [2.05, 4.69) is 10.5 Å².